The molecule has 0 fully saturated rings. The molecule has 5 aromatic rings. The number of rotatable bonds is 7. The third kappa shape index (κ3) is 4.56. The third-order valence-electron chi connectivity index (χ3n) is 5.66. The number of aromatic nitrogens is 3. The van der Waals surface area contributed by atoms with Crippen LogP contribution in [0.5, 0.6) is 5.75 Å². The largest absolute Gasteiger partial charge is 0.497 e. The topological polar surface area (TPSA) is 69.0 Å². The zero-order chi connectivity index (χ0) is 23.5. The van der Waals surface area contributed by atoms with E-state index in [2.05, 4.69) is 34.7 Å². The van der Waals surface area contributed by atoms with Crippen LogP contribution in [0, 0.1) is 6.92 Å². The van der Waals surface area contributed by atoms with Gasteiger partial charge in [-0.05, 0) is 36.2 Å². The van der Waals surface area contributed by atoms with E-state index >= 15 is 0 Å². The van der Waals surface area contributed by atoms with Crippen molar-refractivity contribution in [1.29, 1.82) is 0 Å². The van der Waals surface area contributed by atoms with Crippen molar-refractivity contribution in [2.75, 3.05) is 12.4 Å². The Morgan fingerprint density at radius 1 is 1.00 bits per heavy atom. The van der Waals surface area contributed by atoms with Crippen LogP contribution < -0.4 is 10.1 Å². The minimum Gasteiger partial charge on any atom is -0.497 e. The minimum absolute atomic E-state index is 0.0465. The molecule has 170 valence electrons. The average Bonchev–Trinajstić information content (AvgIpc) is 3.45. The molecule has 0 aliphatic rings. The molecule has 5 rings (SSSR count). The van der Waals surface area contributed by atoms with Crippen molar-refractivity contribution in [2.45, 2.75) is 19.3 Å². The molecule has 2 heterocycles. The van der Waals surface area contributed by atoms with Crippen molar-refractivity contribution in [2.24, 2.45) is 0 Å². The summed E-state index contributed by atoms with van der Waals surface area (Å²) in [5.74, 6) is 1.26. The molecule has 1 N–H and O–H groups in total. The zero-order valence-corrected chi connectivity index (χ0v) is 19.8. The predicted octanol–water partition coefficient (Wildman–Crippen LogP) is 5.96. The molecule has 0 bridgehead atoms. The summed E-state index contributed by atoms with van der Waals surface area (Å²) in [6.45, 7) is 1.90. The number of benzene rings is 3. The summed E-state index contributed by atoms with van der Waals surface area (Å²) >= 11 is 1.50. The molecule has 3 aromatic carbocycles. The second kappa shape index (κ2) is 9.49. The first-order valence-corrected chi connectivity index (χ1v) is 11.8. The van der Waals surface area contributed by atoms with Crippen molar-refractivity contribution >= 4 is 33.3 Å². The number of amides is 1. The lowest BCUT2D eigenvalue weighted by atomic mass is 9.88. The standard InChI is InChI=1S/C27H24N4O2S/c1-18-15-25(31(30-18)27-28-23-14-13-21(33-2)16-24(23)34-27)29-26(32)17-22(19-9-5-3-6-10-19)20-11-7-4-8-12-20/h3-16,22H,17H2,1-2H3,(H,29,32). The van der Waals surface area contributed by atoms with Gasteiger partial charge >= 0.3 is 0 Å². The van der Waals surface area contributed by atoms with Gasteiger partial charge in [-0.2, -0.15) is 9.78 Å². The molecule has 2 aromatic heterocycles. The molecule has 0 spiro atoms. The third-order valence-corrected chi connectivity index (χ3v) is 6.65. The molecule has 0 aliphatic heterocycles. The molecular formula is C27H24N4O2S. The molecule has 7 heteroatoms. The monoisotopic (exact) mass is 468 g/mol. The van der Waals surface area contributed by atoms with Gasteiger partial charge in [0.2, 0.25) is 11.0 Å². The van der Waals surface area contributed by atoms with E-state index in [-0.39, 0.29) is 11.8 Å². The first-order valence-electron chi connectivity index (χ1n) is 11.0. The Kier molecular flexibility index (Phi) is 6.10. The summed E-state index contributed by atoms with van der Waals surface area (Å²) < 4.78 is 8.02. The molecule has 0 radical (unpaired) electrons. The van der Waals surface area contributed by atoms with Gasteiger partial charge in [-0.1, -0.05) is 72.0 Å². The second-order valence-corrected chi connectivity index (χ2v) is 9.05. The first-order chi connectivity index (χ1) is 16.6. The summed E-state index contributed by atoms with van der Waals surface area (Å²) in [4.78, 5) is 17.9. The number of nitrogens with zero attached hydrogens (tertiary/aromatic N) is 3. The van der Waals surface area contributed by atoms with Crippen LogP contribution in [0.15, 0.2) is 84.9 Å². The molecule has 0 saturated carbocycles. The number of ether oxygens (including phenoxy) is 1. The summed E-state index contributed by atoms with van der Waals surface area (Å²) in [5, 5.41) is 8.35. The highest BCUT2D eigenvalue weighted by Crippen LogP contribution is 2.31. The summed E-state index contributed by atoms with van der Waals surface area (Å²) in [7, 11) is 1.64. The van der Waals surface area contributed by atoms with Crippen LogP contribution in [0.4, 0.5) is 5.82 Å². The smallest absolute Gasteiger partial charge is 0.226 e. The van der Waals surface area contributed by atoms with E-state index in [4.69, 9.17) is 9.72 Å². The van der Waals surface area contributed by atoms with Gasteiger partial charge in [0.05, 0.1) is 23.0 Å². The molecule has 0 saturated heterocycles. The number of hydrogen-bond acceptors (Lipinski definition) is 5. The van der Waals surface area contributed by atoms with Crippen LogP contribution in [-0.4, -0.2) is 27.8 Å². The van der Waals surface area contributed by atoms with E-state index in [1.165, 1.54) is 11.3 Å². The van der Waals surface area contributed by atoms with E-state index in [9.17, 15) is 4.79 Å². The molecule has 34 heavy (non-hydrogen) atoms. The number of carbonyl (C=O) groups is 1. The summed E-state index contributed by atoms with van der Waals surface area (Å²) in [5.41, 5.74) is 3.87. The maximum Gasteiger partial charge on any atom is 0.226 e. The second-order valence-electron chi connectivity index (χ2n) is 8.04. The van der Waals surface area contributed by atoms with Crippen LogP contribution in [0.25, 0.3) is 15.3 Å². The van der Waals surface area contributed by atoms with Gasteiger partial charge in [0.1, 0.15) is 11.6 Å². The van der Waals surface area contributed by atoms with Gasteiger partial charge in [-0.15, -0.1) is 0 Å². The summed E-state index contributed by atoms with van der Waals surface area (Å²) in [6.07, 6.45) is 0.315. The highest BCUT2D eigenvalue weighted by molar-refractivity contribution is 7.20. The van der Waals surface area contributed by atoms with Crippen molar-refractivity contribution < 1.29 is 9.53 Å². The highest BCUT2D eigenvalue weighted by Gasteiger charge is 2.20. The normalized spacial score (nSPS) is 11.1. The van der Waals surface area contributed by atoms with Crippen LogP contribution in [0.2, 0.25) is 0 Å². The fourth-order valence-corrected chi connectivity index (χ4v) is 4.98. The zero-order valence-electron chi connectivity index (χ0n) is 18.9. The van der Waals surface area contributed by atoms with Crippen LogP contribution in [0.3, 0.4) is 0 Å². The fraction of sp³-hybridized carbons (Fsp3) is 0.148. The maximum atomic E-state index is 13.2. The lowest BCUT2D eigenvalue weighted by Gasteiger charge is -2.18. The van der Waals surface area contributed by atoms with E-state index in [0.29, 0.717) is 17.4 Å². The number of methoxy groups -OCH3 is 1. The van der Waals surface area contributed by atoms with Crippen molar-refractivity contribution in [1.82, 2.24) is 14.8 Å². The number of carbonyl (C=O) groups excluding carboxylic acids is 1. The number of nitrogens with one attached hydrogen (secondary N) is 1. The molecule has 6 nitrogen and oxygen atoms in total. The number of thiazole rings is 1. The summed E-state index contributed by atoms with van der Waals surface area (Å²) in [6, 6.07) is 27.9. The van der Waals surface area contributed by atoms with Crippen molar-refractivity contribution in [3.63, 3.8) is 0 Å². The lowest BCUT2D eigenvalue weighted by molar-refractivity contribution is -0.116. The van der Waals surface area contributed by atoms with Gasteiger partial charge in [-0.25, -0.2) is 4.98 Å². The van der Waals surface area contributed by atoms with Crippen molar-refractivity contribution in [3.05, 3.63) is 102 Å². The Balaban J connectivity index is 1.42. The molecule has 1 amide bonds. The maximum absolute atomic E-state index is 13.2. The molecule has 0 atom stereocenters. The molecule has 0 unspecified atom stereocenters. The first kappa shape index (κ1) is 21.9. The highest BCUT2D eigenvalue weighted by atomic mass is 32.1. The number of hydrogen-bond donors (Lipinski definition) is 1. The predicted molar refractivity (Wildman–Crippen MR) is 136 cm³/mol. The van der Waals surface area contributed by atoms with Crippen LogP contribution in [-0.2, 0) is 4.79 Å². The van der Waals surface area contributed by atoms with E-state index < -0.39 is 0 Å². The van der Waals surface area contributed by atoms with Gasteiger partial charge in [0.25, 0.3) is 0 Å². The van der Waals surface area contributed by atoms with E-state index in [0.717, 1.165) is 32.8 Å². The number of aryl methyl sites for hydroxylation is 1. The fourth-order valence-electron chi connectivity index (χ4n) is 4.02. The van der Waals surface area contributed by atoms with Gasteiger partial charge in [0.15, 0.2) is 0 Å². The average molecular weight is 469 g/mol. The quantitative estimate of drug-likeness (QED) is 0.320. The molecular weight excluding hydrogens is 444 g/mol. The molecule has 0 aliphatic carbocycles. The Morgan fingerprint density at radius 2 is 1.68 bits per heavy atom. The Hall–Kier alpha value is -3.97. The Morgan fingerprint density at radius 3 is 2.32 bits per heavy atom. The van der Waals surface area contributed by atoms with E-state index in [1.54, 1.807) is 11.8 Å². The van der Waals surface area contributed by atoms with Gasteiger partial charge in [0, 0.05) is 18.4 Å². The van der Waals surface area contributed by atoms with Crippen molar-refractivity contribution in [3.8, 4) is 10.9 Å². The number of anilines is 1. The number of fused-ring (bicyclic) bond motifs is 1. The van der Waals surface area contributed by atoms with Crippen LogP contribution >= 0.6 is 11.3 Å². The van der Waals surface area contributed by atoms with Gasteiger partial charge < -0.3 is 10.1 Å². The Bertz CT molecular complexity index is 1390. The SMILES string of the molecule is COc1ccc2nc(-n3nc(C)cc3NC(=O)CC(c3ccccc3)c3ccccc3)sc2c1. The Labute approximate surface area is 201 Å². The van der Waals surface area contributed by atoms with Gasteiger partial charge in [-0.3, -0.25) is 4.79 Å². The van der Waals surface area contributed by atoms with Crippen LogP contribution in [0.1, 0.15) is 29.2 Å². The minimum atomic E-state index is -0.0818. The van der Waals surface area contributed by atoms with E-state index in [1.807, 2.05) is 67.6 Å². The lowest BCUT2D eigenvalue weighted by Crippen LogP contribution is -2.18.